The topological polar surface area (TPSA) is 12.0 Å². The van der Waals surface area contributed by atoms with Crippen LogP contribution in [0.25, 0.3) is 0 Å². The first kappa shape index (κ1) is 13.6. The Kier molecular flexibility index (Phi) is 4.82. The summed E-state index contributed by atoms with van der Waals surface area (Å²) in [5.74, 6) is 2.18. The van der Waals surface area contributed by atoms with Crippen molar-refractivity contribution in [3.63, 3.8) is 0 Å². The molecule has 0 aliphatic heterocycles. The van der Waals surface area contributed by atoms with E-state index in [1.165, 1.54) is 24.8 Å². The van der Waals surface area contributed by atoms with E-state index in [9.17, 15) is 0 Å². The van der Waals surface area contributed by atoms with Crippen LogP contribution < -0.4 is 5.32 Å². The van der Waals surface area contributed by atoms with E-state index in [0.717, 1.165) is 18.5 Å². The minimum atomic E-state index is 0.638. The Morgan fingerprint density at radius 3 is 2.44 bits per heavy atom. The fraction of sp³-hybridized carbons (Fsp3) is 0.647. The molecule has 1 nitrogen and oxygen atoms in total. The second-order valence-electron chi connectivity index (χ2n) is 6.18. The van der Waals surface area contributed by atoms with Crippen LogP contribution in [0.2, 0.25) is 0 Å². The maximum absolute atomic E-state index is 3.81. The van der Waals surface area contributed by atoms with Crippen molar-refractivity contribution in [3.8, 4) is 0 Å². The molecule has 1 heteroatoms. The maximum Gasteiger partial charge on any atom is 0.00929 e. The van der Waals surface area contributed by atoms with Crippen molar-refractivity contribution in [2.24, 2.45) is 11.8 Å². The Hall–Kier alpha value is -0.820. The molecule has 1 aliphatic carbocycles. The zero-order chi connectivity index (χ0) is 13.0. The van der Waals surface area contributed by atoms with E-state index in [4.69, 9.17) is 0 Å². The summed E-state index contributed by atoms with van der Waals surface area (Å²) >= 11 is 0. The molecule has 2 rings (SSSR count). The van der Waals surface area contributed by atoms with E-state index in [1.807, 2.05) is 0 Å². The van der Waals surface area contributed by atoms with E-state index in [1.54, 1.807) is 0 Å². The van der Waals surface area contributed by atoms with Crippen molar-refractivity contribution in [1.29, 1.82) is 0 Å². The highest BCUT2D eigenvalue weighted by atomic mass is 14.9. The quantitative estimate of drug-likeness (QED) is 0.819. The number of benzene rings is 1. The van der Waals surface area contributed by atoms with Crippen molar-refractivity contribution in [1.82, 2.24) is 5.32 Å². The van der Waals surface area contributed by atoms with Crippen molar-refractivity contribution in [3.05, 3.63) is 35.9 Å². The molecule has 1 saturated carbocycles. The monoisotopic (exact) mass is 245 g/mol. The Morgan fingerprint density at radius 1 is 1.17 bits per heavy atom. The van der Waals surface area contributed by atoms with E-state index >= 15 is 0 Å². The van der Waals surface area contributed by atoms with Gasteiger partial charge in [-0.3, -0.25) is 0 Å². The predicted molar refractivity (Wildman–Crippen MR) is 78.8 cm³/mol. The highest BCUT2D eigenvalue weighted by molar-refractivity contribution is 5.20. The summed E-state index contributed by atoms with van der Waals surface area (Å²) in [6.45, 7) is 8.17. The predicted octanol–water partition coefficient (Wildman–Crippen LogP) is 4.20. The average molecular weight is 245 g/mol. The summed E-state index contributed by atoms with van der Waals surface area (Å²) in [6, 6.07) is 11.7. The largest absolute Gasteiger partial charge is 0.313 e. The fourth-order valence-corrected chi connectivity index (χ4v) is 3.17. The molecule has 100 valence electrons. The molecule has 0 saturated heterocycles. The molecule has 1 aromatic rings. The van der Waals surface area contributed by atoms with Crippen LogP contribution >= 0.6 is 0 Å². The zero-order valence-corrected chi connectivity index (χ0v) is 12.0. The number of rotatable bonds is 5. The molecule has 0 heterocycles. The molecule has 0 radical (unpaired) electrons. The average Bonchev–Trinajstić information content (AvgIpc) is 2.76. The van der Waals surface area contributed by atoms with Gasteiger partial charge >= 0.3 is 0 Å². The molecule has 0 amide bonds. The van der Waals surface area contributed by atoms with Crippen LogP contribution in [0.3, 0.4) is 0 Å². The molecular weight excluding hydrogens is 218 g/mol. The third kappa shape index (κ3) is 3.35. The molecule has 1 aliphatic rings. The fourth-order valence-electron chi connectivity index (χ4n) is 3.17. The smallest absolute Gasteiger partial charge is 0.00929 e. The molecular formula is C17H27N. The van der Waals surface area contributed by atoms with Gasteiger partial charge < -0.3 is 5.32 Å². The Morgan fingerprint density at radius 2 is 1.89 bits per heavy atom. The third-order valence-corrected chi connectivity index (χ3v) is 4.49. The lowest BCUT2D eigenvalue weighted by Gasteiger charge is -2.25. The minimum Gasteiger partial charge on any atom is -0.313 e. The first-order valence-corrected chi connectivity index (χ1v) is 7.47. The molecule has 1 aromatic carbocycles. The molecule has 0 bridgehead atoms. The van der Waals surface area contributed by atoms with Crippen LogP contribution in [-0.4, -0.2) is 12.6 Å². The number of hydrogen-bond donors (Lipinski definition) is 1. The number of hydrogen-bond acceptors (Lipinski definition) is 1. The van der Waals surface area contributed by atoms with Gasteiger partial charge in [-0.05, 0) is 36.2 Å². The van der Waals surface area contributed by atoms with E-state index in [2.05, 4.69) is 56.4 Å². The molecule has 0 spiro atoms. The third-order valence-electron chi connectivity index (χ3n) is 4.49. The summed E-state index contributed by atoms with van der Waals surface area (Å²) in [6.07, 6.45) is 4.16. The van der Waals surface area contributed by atoms with Gasteiger partial charge in [-0.25, -0.2) is 0 Å². The number of nitrogens with one attached hydrogen (secondary N) is 1. The van der Waals surface area contributed by atoms with Gasteiger partial charge in [0.1, 0.15) is 0 Å². The highest BCUT2D eigenvalue weighted by Crippen LogP contribution is 2.27. The van der Waals surface area contributed by atoms with Crippen LogP contribution in [0.15, 0.2) is 30.3 Å². The summed E-state index contributed by atoms with van der Waals surface area (Å²) in [4.78, 5) is 0. The van der Waals surface area contributed by atoms with Crippen molar-refractivity contribution >= 4 is 0 Å². The molecule has 1 fully saturated rings. The van der Waals surface area contributed by atoms with E-state index < -0.39 is 0 Å². The lowest BCUT2D eigenvalue weighted by Crippen LogP contribution is -2.35. The van der Waals surface area contributed by atoms with Crippen LogP contribution in [0.4, 0.5) is 0 Å². The molecule has 1 N–H and O–H groups in total. The molecule has 0 aromatic heterocycles. The van der Waals surface area contributed by atoms with Crippen LogP contribution in [0.5, 0.6) is 0 Å². The Labute approximate surface area is 112 Å². The second-order valence-corrected chi connectivity index (χ2v) is 6.18. The van der Waals surface area contributed by atoms with Gasteiger partial charge in [0, 0.05) is 12.6 Å². The van der Waals surface area contributed by atoms with Gasteiger partial charge in [0.05, 0.1) is 0 Å². The summed E-state index contributed by atoms with van der Waals surface area (Å²) in [5, 5.41) is 3.81. The van der Waals surface area contributed by atoms with Crippen molar-refractivity contribution in [2.75, 3.05) is 6.54 Å². The van der Waals surface area contributed by atoms with Gasteiger partial charge in [-0.15, -0.1) is 0 Å². The zero-order valence-electron chi connectivity index (χ0n) is 12.0. The van der Waals surface area contributed by atoms with Crippen molar-refractivity contribution < 1.29 is 0 Å². The van der Waals surface area contributed by atoms with Crippen molar-refractivity contribution in [2.45, 2.75) is 52.0 Å². The van der Waals surface area contributed by atoms with E-state index in [-0.39, 0.29) is 0 Å². The Balaban J connectivity index is 1.95. The van der Waals surface area contributed by atoms with Gasteiger partial charge in [0.25, 0.3) is 0 Å². The molecule has 3 unspecified atom stereocenters. The summed E-state index contributed by atoms with van der Waals surface area (Å²) in [7, 11) is 0. The summed E-state index contributed by atoms with van der Waals surface area (Å²) < 4.78 is 0. The first-order chi connectivity index (χ1) is 8.68. The van der Waals surface area contributed by atoms with Crippen LogP contribution in [0.1, 0.15) is 51.5 Å². The minimum absolute atomic E-state index is 0.638. The van der Waals surface area contributed by atoms with Crippen LogP contribution in [-0.2, 0) is 0 Å². The van der Waals surface area contributed by atoms with Gasteiger partial charge in [-0.1, -0.05) is 57.5 Å². The molecule has 3 atom stereocenters. The van der Waals surface area contributed by atoms with Gasteiger partial charge in [-0.2, -0.15) is 0 Å². The van der Waals surface area contributed by atoms with Gasteiger partial charge in [0.2, 0.25) is 0 Å². The Bertz CT molecular complexity index is 344. The highest BCUT2D eigenvalue weighted by Gasteiger charge is 2.24. The summed E-state index contributed by atoms with van der Waals surface area (Å²) in [5.41, 5.74) is 1.48. The first-order valence-electron chi connectivity index (χ1n) is 7.47. The SMILES string of the molecule is CC(C)C(CNC1CCCC1C)c1ccccc1. The van der Waals surface area contributed by atoms with E-state index in [0.29, 0.717) is 11.8 Å². The maximum atomic E-state index is 3.81. The lowest BCUT2D eigenvalue weighted by atomic mass is 9.88. The standard InChI is InChI=1S/C17H27N/c1-13(2)16(15-9-5-4-6-10-15)12-18-17-11-7-8-14(17)3/h4-6,9-10,13-14,16-18H,7-8,11-12H2,1-3H3. The molecule has 18 heavy (non-hydrogen) atoms. The van der Waals surface area contributed by atoms with Crippen LogP contribution in [0, 0.1) is 11.8 Å². The lowest BCUT2D eigenvalue weighted by molar-refractivity contribution is 0.380. The second kappa shape index (κ2) is 6.38. The van der Waals surface area contributed by atoms with Gasteiger partial charge in [0.15, 0.2) is 0 Å². The normalized spacial score (nSPS) is 25.6.